The van der Waals surface area contributed by atoms with Crippen LogP contribution in [0.25, 0.3) is 10.8 Å². The van der Waals surface area contributed by atoms with E-state index in [-0.39, 0.29) is 11.7 Å². The van der Waals surface area contributed by atoms with E-state index in [0.29, 0.717) is 11.8 Å². The van der Waals surface area contributed by atoms with Gasteiger partial charge in [0.25, 0.3) is 5.89 Å². The fraction of sp³-hybridized carbons (Fsp3) is 0.368. The van der Waals surface area contributed by atoms with E-state index in [0.717, 1.165) is 42.9 Å². The maximum Gasteiger partial charge on any atom is 0.257 e. The molecule has 1 aliphatic heterocycles. The van der Waals surface area contributed by atoms with E-state index in [9.17, 15) is 4.39 Å². The molecule has 0 amide bonds. The van der Waals surface area contributed by atoms with Crippen LogP contribution in [0.4, 0.5) is 4.39 Å². The minimum absolute atomic E-state index is 0.182. The van der Waals surface area contributed by atoms with E-state index in [1.807, 2.05) is 12.1 Å². The summed E-state index contributed by atoms with van der Waals surface area (Å²) in [7, 11) is 0. The van der Waals surface area contributed by atoms with Gasteiger partial charge in [-0.25, -0.2) is 4.39 Å². The van der Waals surface area contributed by atoms with Crippen molar-refractivity contribution >= 4 is 11.3 Å². The molecule has 0 saturated carbocycles. The van der Waals surface area contributed by atoms with Crippen LogP contribution in [-0.2, 0) is 6.54 Å². The van der Waals surface area contributed by atoms with Crippen molar-refractivity contribution in [2.24, 2.45) is 0 Å². The van der Waals surface area contributed by atoms with E-state index in [1.165, 1.54) is 10.9 Å². The predicted octanol–water partition coefficient (Wildman–Crippen LogP) is 4.63. The Hall–Kier alpha value is -2.05. The Morgan fingerprint density at radius 2 is 2.20 bits per heavy atom. The molecule has 4 nitrogen and oxygen atoms in total. The molecule has 1 saturated heterocycles. The molecule has 6 heteroatoms. The van der Waals surface area contributed by atoms with Crippen LogP contribution in [0.3, 0.4) is 0 Å². The SMILES string of the molecule is Cc1ccc(-c2nnc(C3CCCN(Cc4cccc(F)c4)C3)o2)s1. The predicted molar refractivity (Wildman–Crippen MR) is 96.0 cm³/mol. The minimum atomic E-state index is -0.182. The number of benzene rings is 1. The Kier molecular flexibility index (Phi) is 4.63. The van der Waals surface area contributed by atoms with Crippen molar-refractivity contribution in [3.05, 3.63) is 58.5 Å². The van der Waals surface area contributed by atoms with Gasteiger partial charge in [0.1, 0.15) is 5.82 Å². The summed E-state index contributed by atoms with van der Waals surface area (Å²) in [6.07, 6.45) is 2.13. The molecule has 1 atom stereocenters. The Balaban J connectivity index is 1.45. The van der Waals surface area contributed by atoms with Crippen LogP contribution in [0.2, 0.25) is 0 Å². The van der Waals surface area contributed by atoms with Gasteiger partial charge in [-0.2, -0.15) is 0 Å². The van der Waals surface area contributed by atoms with Crippen molar-refractivity contribution < 1.29 is 8.81 Å². The molecule has 0 N–H and O–H groups in total. The molecule has 3 heterocycles. The third-order valence-electron chi connectivity index (χ3n) is 4.54. The lowest BCUT2D eigenvalue weighted by Gasteiger charge is -2.31. The number of hydrogen-bond donors (Lipinski definition) is 0. The summed E-state index contributed by atoms with van der Waals surface area (Å²) in [5.41, 5.74) is 1.00. The normalized spacial score (nSPS) is 18.6. The highest BCUT2D eigenvalue weighted by atomic mass is 32.1. The van der Waals surface area contributed by atoms with Gasteiger partial charge in [-0.1, -0.05) is 12.1 Å². The van der Waals surface area contributed by atoms with Gasteiger partial charge < -0.3 is 4.42 Å². The molecule has 2 aromatic heterocycles. The van der Waals surface area contributed by atoms with Crippen LogP contribution in [0, 0.1) is 12.7 Å². The fourth-order valence-electron chi connectivity index (χ4n) is 3.34. The molecule has 3 aromatic rings. The fourth-order valence-corrected chi connectivity index (χ4v) is 4.13. The third kappa shape index (κ3) is 3.80. The van der Waals surface area contributed by atoms with E-state index >= 15 is 0 Å². The first-order chi connectivity index (χ1) is 12.2. The molecule has 0 spiro atoms. The molecule has 1 aromatic carbocycles. The number of nitrogens with zero attached hydrogens (tertiary/aromatic N) is 3. The zero-order valence-corrected chi connectivity index (χ0v) is 14.9. The Morgan fingerprint density at radius 3 is 3.00 bits per heavy atom. The monoisotopic (exact) mass is 357 g/mol. The maximum atomic E-state index is 13.4. The highest BCUT2D eigenvalue weighted by molar-refractivity contribution is 7.15. The Labute approximate surface area is 150 Å². The molecular formula is C19H20FN3OS. The van der Waals surface area contributed by atoms with Gasteiger partial charge >= 0.3 is 0 Å². The van der Waals surface area contributed by atoms with Gasteiger partial charge in [0.05, 0.1) is 10.8 Å². The van der Waals surface area contributed by atoms with Crippen molar-refractivity contribution in [1.82, 2.24) is 15.1 Å². The maximum absolute atomic E-state index is 13.4. The van der Waals surface area contributed by atoms with Gasteiger partial charge in [-0.05, 0) is 56.1 Å². The summed E-state index contributed by atoms with van der Waals surface area (Å²) in [6.45, 7) is 4.69. The molecule has 4 rings (SSSR count). The van der Waals surface area contributed by atoms with Crippen LogP contribution in [0.1, 0.15) is 35.1 Å². The summed E-state index contributed by atoms with van der Waals surface area (Å²) in [5.74, 6) is 1.38. The summed E-state index contributed by atoms with van der Waals surface area (Å²) in [5, 5.41) is 8.51. The second-order valence-corrected chi connectivity index (χ2v) is 7.85. The first-order valence-electron chi connectivity index (χ1n) is 8.54. The van der Waals surface area contributed by atoms with Gasteiger partial charge in [-0.3, -0.25) is 4.90 Å². The van der Waals surface area contributed by atoms with Crippen LogP contribution in [0.5, 0.6) is 0 Å². The number of hydrogen-bond acceptors (Lipinski definition) is 5. The molecule has 130 valence electrons. The number of aromatic nitrogens is 2. The first kappa shape index (κ1) is 16.4. The van der Waals surface area contributed by atoms with Crippen molar-refractivity contribution in [2.45, 2.75) is 32.2 Å². The third-order valence-corrected chi connectivity index (χ3v) is 5.53. The van der Waals surface area contributed by atoms with Gasteiger partial charge in [0.15, 0.2) is 0 Å². The molecule has 1 fully saturated rings. The summed E-state index contributed by atoms with van der Waals surface area (Å²) < 4.78 is 19.3. The smallest absolute Gasteiger partial charge is 0.257 e. The lowest BCUT2D eigenvalue weighted by atomic mass is 9.97. The number of rotatable bonds is 4. The van der Waals surface area contributed by atoms with Crippen LogP contribution < -0.4 is 0 Å². The number of halogens is 1. The second kappa shape index (κ2) is 7.06. The molecular weight excluding hydrogens is 337 g/mol. The van der Waals surface area contributed by atoms with E-state index in [2.05, 4.69) is 28.1 Å². The number of piperidine rings is 1. The van der Waals surface area contributed by atoms with Crippen LogP contribution >= 0.6 is 11.3 Å². The number of aryl methyl sites for hydroxylation is 1. The number of likely N-dealkylation sites (tertiary alicyclic amines) is 1. The molecule has 25 heavy (non-hydrogen) atoms. The van der Waals surface area contributed by atoms with Crippen LogP contribution in [0.15, 0.2) is 40.8 Å². The Bertz CT molecular complexity index is 860. The molecule has 0 radical (unpaired) electrons. The van der Waals surface area contributed by atoms with Crippen molar-refractivity contribution in [1.29, 1.82) is 0 Å². The average Bonchev–Trinajstić information content (AvgIpc) is 3.24. The van der Waals surface area contributed by atoms with Gasteiger partial charge in [-0.15, -0.1) is 21.5 Å². The number of thiophene rings is 1. The second-order valence-electron chi connectivity index (χ2n) is 6.56. The van der Waals surface area contributed by atoms with Crippen molar-refractivity contribution in [3.8, 4) is 10.8 Å². The van der Waals surface area contributed by atoms with E-state index < -0.39 is 0 Å². The highest BCUT2D eigenvalue weighted by Gasteiger charge is 2.26. The standard InChI is InChI=1S/C19H20FN3OS/c1-13-7-8-17(25-13)19-22-21-18(24-19)15-5-3-9-23(12-15)11-14-4-2-6-16(20)10-14/h2,4,6-8,10,15H,3,5,9,11-12H2,1H3. The summed E-state index contributed by atoms with van der Waals surface area (Å²) >= 11 is 1.66. The highest BCUT2D eigenvalue weighted by Crippen LogP contribution is 2.31. The van der Waals surface area contributed by atoms with E-state index in [4.69, 9.17) is 4.42 Å². The average molecular weight is 357 g/mol. The largest absolute Gasteiger partial charge is 0.420 e. The molecule has 1 unspecified atom stereocenters. The minimum Gasteiger partial charge on any atom is -0.420 e. The summed E-state index contributed by atoms with van der Waals surface area (Å²) in [6, 6.07) is 10.9. The van der Waals surface area contributed by atoms with Gasteiger partial charge in [0.2, 0.25) is 5.89 Å². The lowest BCUT2D eigenvalue weighted by Crippen LogP contribution is -2.34. The zero-order chi connectivity index (χ0) is 17.2. The molecule has 0 bridgehead atoms. The molecule has 1 aliphatic rings. The quantitative estimate of drug-likeness (QED) is 0.683. The zero-order valence-electron chi connectivity index (χ0n) is 14.1. The van der Waals surface area contributed by atoms with Crippen molar-refractivity contribution in [3.63, 3.8) is 0 Å². The van der Waals surface area contributed by atoms with Gasteiger partial charge in [0, 0.05) is 18.0 Å². The topological polar surface area (TPSA) is 42.2 Å². The molecule has 0 aliphatic carbocycles. The van der Waals surface area contributed by atoms with Crippen LogP contribution in [-0.4, -0.2) is 28.2 Å². The lowest BCUT2D eigenvalue weighted by molar-refractivity contribution is 0.186. The van der Waals surface area contributed by atoms with E-state index in [1.54, 1.807) is 23.5 Å². The first-order valence-corrected chi connectivity index (χ1v) is 9.36. The Morgan fingerprint density at radius 1 is 1.28 bits per heavy atom. The summed E-state index contributed by atoms with van der Waals surface area (Å²) in [4.78, 5) is 4.58. The van der Waals surface area contributed by atoms with Crippen molar-refractivity contribution in [2.75, 3.05) is 13.1 Å².